The lowest BCUT2D eigenvalue weighted by Crippen LogP contribution is -2.37. The number of nitrogens with zero attached hydrogens (tertiary/aromatic N) is 1. The molecule has 1 aliphatic rings. The number of carbonyl (C=O) groups is 2. The van der Waals surface area contributed by atoms with Gasteiger partial charge in [-0.05, 0) is 62.2 Å². The molecule has 0 radical (unpaired) electrons. The Morgan fingerprint density at radius 2 is 1.68 bits per heavy atom. The normalized spacial score (nSPS) is 13.7. The van der Waals surface area contributed by atoms with Crippen molar-refractivity contribution in [3.63, 3.8) is 0 Å². The largest absolute Gasteiger partial charge is 0.449 e. The zero-order valence-corrected chi connectivity index (χ0v) is 16.6. The Labute approximate surface area is 166 Å². The zero-order valence-electron chi connectivity index (χ0n) is 16.6. The van der Waals surface area contributed by atoms with E-state index in [1.807, 2.05) is 38.4 Å². The average molecular weight is 380 g/mol. The van der Waals surface area contributed by atoms with Gasteiger partial charge in [-0.3, -0.25) is 0 Å². The van der Waals surface area contributed by atoms with Gasteiger partial charge in [0.15, 0.2) is 0 Å². The van der Waals surface area contributed by atoms with E-state index < -0.39 is 12.1 Å². The quantitative estimate of drug-likeness (QED) is 0.531. The van der Waals surface area contributed by atoms with Crippen molar-refractivity contribution in [2.75, 3.05) is 27.2 Å². The van der Waals surface area contributed by atoms with Crippen molar-refractivity contribution in [3.8, 4) is 11.1 Å². The summed E-state index contributed by atoms with van der Waals surface area (Å²) in [6.07, 6.45) is 2.75. The lowest BCUT2D eigenvalue weighted by atomic mass is 9.98. The SMILES string of the molecule is CN(C)CCCC[C@@H](C=O)NC(=O)OCC1c2ccccc2-c2ccccc21. The Balaban J connectivity index is 1.55. The molecule has 1 atom stereocenters. The van der Waals surface area contributed by atoms with Gasteiger partial charge in [0.1, 0.15) is 12.9 Å². The number of alkyl carbamates (subject to hydrolysis) is 1. The van der Waals surface area contributed by atoms with Crippen LogP contribution in [0.15, 0.2) is 48.5 Å². The Morgan fingerprint density at radius 1 is 1.07 bits per heavy atom. The second-order valence-corrected chi connectivity index (χ2v) is 7.51. The average Bonchev–Trinajstić information content (AvgIpc) is 3.02. The van der Waals surface area contributed by atoms with Crippen LogP contribution in [0.2, 0.25) is 0 Å². The lowest BCUT2D eigenvalue weighted by Gasteiger charge is -2.17. The van der Waals surface area contributed by atoms with Crippen LogP contribution in [0.3, 0.4) is 0 Å². The number of ether oxygens (including phenoxy) is 1. The molecule has 2 aromatic rings. The minimum Gasteiger partial charge on any atom is -0.449 e. The van der Waals surface area contributed by atoms with Gasteiger partial charge in [0.2, 0.25) is 0 Å². The van der Waals surface area contributed by atoms with Gasteiger partial charge in [-0.2, -0.15) is 0 Å². The molecule has 28 heavy (non-hydrogen) atoms. The fourth-order valence-electron chi connectivity index (χ4n) is 3.76. The molecule has 0 saturated heterocycles. The number of fused-ring (bicyclic) bond motifs is 3. The van der Waals surface area contributed by atoms with Crippen LogP contribution < -0.4 is 5.32 Å². The van der Waals surface area contributed by atoms with E-state index in [1.54, 1.807) is 0 Å². The Hall–Kier alpha value is -2.66. The maximum atomic E-state index is 12.2. The Bertz CT molecular complexity index is 773. The number of nitrogens with one attached hydrogen (secondary N) is 1. The van der Waals surface area contributed by atoms with Crippen LogP contribution in [0, 0.1) is 0 Å². The van der Waals surface area contributed by atoms with Gasteiger partial charge in [-0.1, -0.05) is 48.5 Å². The van der Waals surface area contributed by atoms with Crippen LogP contribution in [-0.2, 0) is 9.53 Å². The fourth-order valence-corrected chi connectivity index (χ4v) is 3.76. The third-order valence-corrected chi connectivity index (χ3v) is 5.18. The Kier molecular flexibility index (Phi) is 6.82. The van der Waals surface area contributed by atoms with Crippen LogP contribution >= 0.6 is 0 Å². The number of aldehydes is 1. The summed E-state index contributed by atoms with van der Waals surface area (Å²) in [4.78, 5) is 25.6. The van der Waals surface area contributed by atoms with E-state index in [0.717, 1.165) is 25.7 Å². The van der Waals surface area contributed by atoms with Crippen molar-refractivity contribution in [2.45, 2.75) is 31.2 Å². The molecule has 1 N–H and O–H groups in total. The number of benzene rings is 2. The van der Waals surface area contributed by atoms with Crippen LogP contribution in [0.4, 0.5) is 4.79 Å². The first-order valence-electron chi connectivity index (χ1n) is 9.81. The fraction of sp³-hybridized carbons (Fsp3) is 0.391. The van der Waals surface area contributed by atoms with E-state index in [1.165, 1.54) is 22.3 Å². The van der Waals surface area contributed by atoms with Gasteiger partial charge in [0.25, 0.3) is 0 Å². The molecule has 148 valence electrons. The topological polar surface area (TPSA) is 58.6 Å². The second kappa shape index (κ2) is 9.51. The molecule has 0 aliphatic heterocycles. The van der Waals surface area contributed by atoms with Crippen molar-refractivity contribution >= 4 is 12.4 Å². The number of hydrogen-bond acceptors (Lipinski definition) is 4. The molecule has 1 aliphatic carbocycles. The molecule has 0 heterocycles. The molecule has 0 aromatic heterocycles. The standard InChI is InChI=1S/C23H28N2O3/c1-25(2)14-8-7-9-17(15-26)24-23(27)28-16-22-20-12-5-3-10-18(20)19-11-4-6-13-21(19)22/h3-6,10-13,15,17,22H,7-9,14,16H2,1-2H3,(H,24,27)/t17-/m0/s1. The molecule has 2 aromatic carbocycles. The van der Waals surface area contributed by atoms with Crippen molar-refractivity contribution < 1.29 is 14.3 Å². The summed E-state index contributed by atoms with van der Waals surface area (Å²) in [5, 5.41) is 2.68. The van der Waals surface area contributed by atoms with Crippen molar-refractivity contribution in [1.29, 1.82) is 0 Å². The second-order valence-electron chi connectivity index (χ2n) is 7.51. The molecule has 1 amide bonds. The molecule has 0 saturated carbocycles. The van der Waals surface area contributed by atoms with E-state index in [2.05, 4.69) is 34.5 Å². The lowest BCUT2D eigenvalue weighted by molar-refractivity contribution is -0.109. The molecule has 0 unspecified atom stereocenters. The summed E-state index contributed by atoms with van der Waals surface area (Å²) in [5.41, 5.74) is 4.73. The molecule has 0 spiro atoms. The van der Waals surface area contributed by atoms with Gasteiger partial charge in [-0.15, -0.1) is 0 Å². The molecule has 0 fully saturated rings. The van der Waals surface area contributed by atoms with Crippen molar-refractivity contribution in [1.82, 2.24) is 10.2 Å². The number of carbonyl (C=O) groups excluding carboxylic acids is 2. The third kappa shape index (κ3) is 4.78. The van der Waals surface area contributed by atoms with Gasteiger partial charge < -0.3 is 19.7 Å². The molecular formula is C23H28N2O3. The predicted octanol–water partition coefficient (Wildman–Crippen LogP) is 3.82. The summed E-state index contributed by atoms with van der Waals surface area (Å²) in [5.74, 6) is 0.0212. The molecule has 0 bridgehead atoms. The predicted molar refractivity (Wildman–Crippen MR) is 110 cm³/mol. The molecular weight excluding hydrogens is 352 g/mol. The first kappa shape index (κ1) is 20.1. The van der Waals surface area contributed by atoms with Crippen molar-refractivity contribution in [3.05, 3.63) is 59.7 Å². The summed E-state index contributed by atoms with van der Waals surface area (Å²) < 4.78 is 5.50. The molecule has 5 heteroatoms. The van der Waals surface area contributed by atoms with Crippen molar-refractivity contribution in [2.24, 2.45) is 0 Å². The van der Waals surface area contributed by atoms with Crippen LogP contribution in [0.1, 0.15) is 36.3 Å². The summed E-state index contributed by atoms with van der Waals surface area (Å²) >= 11 is 0. The summed E-state index contributed by atoms with van der Waals surface area (Å²) in [7, 11) is 4.04. The van der Waals surface area contributed by atoms with Gasteiger partial charge >= 0.3 is 6.09 Å². The van der Waals surface area contributed by atoms with E-state index >= 15 is 0 Å². The van der Waals surface area contributed by atoms with E-state index in [9.17, 15) is 9.59 Å². The maximum Gasteiger partial charge on any atom is 0.407 e. The van der Waals surface area contributed by atoms with Crippen LogP contribution in [-0.4, -0.2) is 50.6 Å². The number of unbranched alkanes of at least 4 members (excludes halogenated alkanes) is 1. The summed E-state index contributed by atoms with van der Waals surface area (Å²) in [6.45, 7) is 1.22. The zero-order chi connectivity index (χ0) is 19.9. The highest BCUT2D eigenvalue weighted by molar-refractivity contribution is 5.79. The molecule has 5 nitrogen and oxygen atoms in total. The van der Waals surface area contributed by atoms with E-state index in [0.29, 0.717) is 6.42 Å². The van der Waals surface area contributed by atoms with Crippen LogP contribution in [0.5, 0.6) is 0 Å². The van der Waals surface area contributed by atoms with E-state index in [4.69, 9.17) is 4.74 Å². The highest BCUT2D eigenvalue weighted by Crippen LogP contribution is 2.44. The maximum absolute atomic E-state index is 12.2. The first-order chi connectivity index (χ1) is 13.6. The minimum atomic E-state index is -0.536. The van der Waals surface area contributed by atoms with Gasteiger partial charge in [-0.25, -0.2) is 4.79 Å². The smallest absolute Gasteiger partial charge is 0.407 e. The first-order valence-corrected chi connectivity index (χ1v) is 9.81. The van der Waals surface area contributed by atoms with Gasteiger partial charge in [0, 0.05) is 5.92 Å². The highest BCUT2D eigenvalue weighted by Gasteiger charge is 2.29. The van der Waals surface area contributed by atoms with Crippen LogP contribution in [0.25, 0.3) is 11.1 Å². The van der Waals surface area contributed by atoms with E-state index in [-0.39, 0.29) is 12.5 Å². The number of amides is 1. The summed E-state index contributed by atoms with van der Waals surface area (Å²) in [6, 6.07) is 15.9. The minimum absolute atomic E-state index is 0.0212. The Morgan fingerprint density at radius 3 is 2.25 bits per heavy atom. The number of hydrogen-bond donors (Lipinski definition) is 1. The number of rotatable bonds is 9. The highest BCUT2D eigenvalue weighted by atomic mass is 16.5. The third-order valence-electron chi connectivity index (χ3n) is 5.18. The molecule has 3 rings (SSSR count). The monoisotopic (exact) mass is 380 g/mol. The van der Waals surface area contributed by atoms with Gasteiger partial charge in [0.05, 0.1) is 6.04 Å².